The molecule has 1 atom stereocenters. The van der Waals surface area contributed by atoms with Gasteiger partial charge in [0.15, 0.2) is 0 Å². The summed E-state index contributed by atoms with van der Waals surface area (Å²) in [5, 5.41) is 6.00. The fourth-order valence-electron chi connectivity index (χ4n) is 2.61. The molecule has 1 aliphatic rings. The molecule has 0 bridgehead atoms. The van der Waals surface area contributed by atoms with Crippen molar-refractivity contribution >= 4 is 6.03 Å². The first-order chi connectivity index (χ1) is 10.8. The molecule has 1 fully saturated rings. The predicted octanol–water partition coefficient (Wildman–Crippen LogP) is 3.47. The smallest absolute Gasteiger partial charge is 0.315 e. The zero-order valence-corrected chi connectivity index (χ0v) is 12.7. The maximum absolute atomic E-state index is 11.9. The number of urea groups is 1. The van der Waals surface area contributed by atoms with Gasteiger partial charge in [-0.05, 0) is 30.4 Å². The molecule has 3 rings (SSSR count). The van der Waals surface area contributed by atoms with Crippen LogP contribution in [0.15, 0.2) is 60.7 Å². The van der Waals surface area contributed by atoms with Crippen LogP contribution < -0.4 is 10.6 Å². The Labute approximate surface area is 131 Å². The number of nitrogens with one attached hydrogen (secondary N) is 2. The molecule has 3 heteroatoms. The fourth-order valence-corrected chi connectivity index (χ4v) is 2.61. The van der Waals surface area contributed by atoms with E-state index >= 15 is 0 Å². The van der Waals surface area contributed by atoms with Crippen LogP contribution in [-0.2, 0) is 6.42 Å². The van der Waals surface area contributed by atoms with Crippen molar-refractivity contribution in [2.75, 3.05) is 6.54 Å². The van der Waals surface area contributed by atoms with Gasteiger partial charge in [-0.25, -0.2) is 4.79 Å². The third-order valence-corrected chi connectivity index (χ3v) is 4.02. The highest BCUT2D eigenvalue weighted by Gasteiger charge is 2.23. The van der Waals surface area contributed by atoms with E-state index in [2.05, 4.69) is 59.2 Å². The summed E-state index contributed by atoms with van der Waals surface area (Å²) in [7, 11) is 0. The highest BCUT2D eigenvalue weighted by molar-refractivity contribution is 5.74. The first kappa shape index (κ1) is 14.6. The molecule has 2 aromatic carbocycles. The standard InChI is InChI=1S/C19H22N2O/c22-19(21-18-11-12-18)20-14-17(16-9-5-2-6-10-16)13-15-7-3-1-4-8-15/h1-10,17-18H,11-14H2,(H2,20,21,22). The summed E-state index contributed by atoms with van der Waals surface area (Å²) in [5.41, 5.74) is 2.55. The molecule has 1 aliphatic carbocycles. The van der Waals surface area contributed by atoms with Crippen LogP contribution in [0, 0.1) is 0 Å². The Morgan fingerprint density at radius 3 is 2.27 bits per heavy atom. The lowest BCUT2D eigenvalue weighted by atomic mass is 9.92. The number of benzene rings is 2. The normalized spacial score (nSPS) is 15.1. The average molecular weight is 294 g/mol. The van der Waals surface area contributed by atoms with E-state index in [4.69, 9.17) is 0 Å². The van der Waals surface area contributed by atoms with E-state index in [0.29, 0.717) is 12.6 Å². The summed E-state index contributed by atoms with van der Waals surface area (Å²) >= 11 is 0. The molecule has 0 radical (unpaired) electrons. The van der Waals surface area contributed by atoms with E-state index in [0.717, 1.165) is 19.3 Å². The van der Waals surface area contributed by atoms with Crippen LogP contribution in [0.2, 0.25) is 0 Å². The van der Waals surface area contributed by atoms with Gasteiger partial charge < -0.3 is 10.6 Å². The van der Waals surface area contributed by atoms with Crippen molar-refractivity contribution in [3.05, 3.63) is 71.8 Å². The van der Waals surface area contributed by atoms with Crippen LogP contribution in [0.4, 0.5) is 4.79 Å². The second-order valence-corrected chi connectivity index (χ2v) is 5.93. The molecular formula is C19H22N2O. The molecule has 0 aliphatic heterocycles. The van der Waals surface area contributed by atoms with Crippen molar-refractivity contribution < 1.29 is 4.79 Å². The summed E-state index contributed by atoms with van der Waals surface area (Å²) in [5.74, 6) is 0.286. The lowest BCUT2D eigenvalue weighted by molar-refractivity contribution is 0.239. The fraction of sp³-hybridized carbons (Fsp3) is 0.316. The van der Waals surface area contributed by atoms with E-state index in [1.165, 1.54) is 11.1 Å². The van der Waals surface area contributed by atoms with Crippen LogP contribution in [-0.4, -0.2) is 18.6 Å². The van der Waals surface area contributed by atoms with Crippen LogP contribution >= 0.6 is 0 Å². The minimum Gasteiger partial charge on any atom is -0.338 e. The molecule has 0 saturated heterocycles. The van der Waals surface area contributed by atoms with Gasteiger partial charge in [-0.3, -0.25) is 0 Å². The Kier molecular flexibility index (Phi) is 4.74. The molecule has 1 saturated carbocycles. The molecule has 2 amide bonds. The molecule has 2 aromatic rings. The van der Waals surface area contributed by atoms with Gasteiger partial charge in [0.2, 0.25) is 0 Å². The predicted molar refractivity (Wildman–Crippen MR) is 88.9 cm³/mol. The summed E-state index contributed by atoms with van der Waals surface area (Å²) in [4.78, 5) is 11.9. The Morgan fingerprint density at radius 2 is 1.64 bits per heavy atom. The first-order valence-corrected chi connectivity index (χ1v) is 7.94. The van der Waals surface area contributed by atoms with Crippen LogP contribution in [0.25, 0.3) is 0 Å². The molecule has 3 nitrogen and oxygen atoms in total. The maximum Gasteiger partial charge on any atom is 0.315 e. The SMILES string of the molecule is O=C(NCC(Cc1ccccc1)c1ccccc1)NC1CC1. The van der Waals surface area contributed by atoms with Gasteiger partial charge in [0.1, 0.15) is 0 Å². The lowest BCUT2D eigenvalue weighted by Crippen LogP contribution is -2.39. The molecule has 0 aromatic heterocycles. The monoisotopic (exact) mass is 294 g/mol. The van der Waals surface area contributed by atoms with Crippen molar-refractivity contribution in [1.29, 1.82) is 0 Å². The van der Waals surface area contributed by atoms with Crippen molar-refractivity contribution in [2.45, 2.75) is 31.2 Å². The average Bonchev–Trinajstić information content (AvgIpc) is 3.37. The van der Waals surface area contributed by atoms with Gasteiger partial charge in [-0.15, -0.1) is 0 Å². The Morgan fingerprint density at radius 1 is 1.00 bits per heavy atom. The number of hydrogen-bond acceptors (Lipinski definition) is 1. The van der Waals surface area contributed by atoms with Gasteiger partial charge in [-0.1, -0.05) is 60.7 Å². The van der Waals surface area contributed by atoms with E-state index < -0.39 is 0 Å². The molecular weight excluding hydrogens is 272 g/mol. The molecule has 0 heterocycles. The summed E-state index contributed by atoms with van der Waals surface area (Å²) in [6.45, 7) is 0.650. The van der Waals surface area contributed by atoms with Gasteiger partial charge in [0.25, 0.3) is 0 Å². The number of carbonyl (C=O) groups is 1. The minimum absolute atomic E-state index is 0.0449. The molecule has 0 spiro atoms. The number of hydrogen-bond donors (Lipinski definition) is 2. The van der Waals surface area contributed by atoms with Gasteiger partial charge >= 0.3 is 6.03 Å². The van der Waals surface area contributed by atoms with E-state index in [-0.39, 0.29) is 11.9 Å². The van der Waals surface area contributed by atoms with E-state index in [1.807, 2.05) is 12.1 Å². The largest absolute Gasteiger partial charge is 0.338 e. The molecule has 1 unspecified atom stereocenters. The van der Waals surface area contributed by atoms with Crippen molar-refractivity contribution in [3.63, 3.8) is 0 Å². The second-order valence-electron chi connectivity index (χ2n) is 5.93. The Balaban J connectivity index is 1.64. The quantitative estimate of drug-likeness (QED) is 0.841. The second kappa shape index (κ2) is 7.12. The van der Waals surface area contributed by atoms with Gasteiger partial charge in [-0.2, -0.15) is 0 Å². The number of rotatable bonds is 6. The van der Waals surface area contributed by atoms with E-state index in [9.17, 15) is 4.79 Å². The Bertz CT molecular complexity index is 593. The highest BCUT2D eigenvalue weighted by Crippen LogP contribution is 2.21. The van der Waals surface area contributed by atoms with Crippen molar-refractivity contribution in [3.8, 4) is 0 Å². The summed E-state index contributed by atoms with van der Waals surface area (Å²) < 4.78 is 0. The van der Waals surface area contributed by atoms with Crippen LogP contribution in [0.1, 0.15) is 29.9 Å². The lowest BCUT2D eigenvalue weighted by Gasteiger charge is -2.18. The number of amides is 2. The number of carbonyl (C=O) groups excluding carboxylic acids is 1. The third kappa shape index (κ3) is 4.35. The maximum atomic E-state index is 11.9. The third-order valence-electron chi connectivity index (χ3n) is 4.02. The van der Waals surface area contributed by atoms with Crippen LogP contribution in [0.3, 0.4) is 0 Å². The summed E-state index contributed by atoms with van der Waals surface area (Å²) in [6.07, 6.45) is 3.15. The van der Waals surface area contributed by atoms with Crippen LogP contribution in [0.5, 0.6) is 0 Å². The minimum atomic E-state index is -0.0449. The van der Waals surface area contributed by atoms with Gasteiger partial charge in [0.05, 0.1) is 0 Å². The van der Waals surface area contributed by atoms with E-state index in [1.54, 1.807) is 0 Å². The van der Waals surface area contributed by atoms with Gasteiger partial charge in [0, 0.05) is 18.5 Å². The zero-order valence-electron chi connectivity index (χ0n) is 12.7. The molecule has 22 heavy (non-hydrogen) atoms. The zero-order chi connectivity index (χ0) is 15.2. The highest BCUT2D eigenvalue weighted by atomic mass is 16.2. The Hall–Kier alpha value is -2.29. The summed E-state index contributed by atoms with van der Waals surface area (Å²) in [6, 6.07) is 21.2. The van der Waals surface area contributed by atoms with Crippen molar-refractivity contribution in [2.24, 2.45) is 0 Å². The van der Waals surface area contributed by atoms with Crippen molar-refractivity contribution in [1.82, 2.24) is 10.6 Å². The topological polar surface area (TPSA) is 41.1 Å². The molecule has 2 N–H and O–H groups in total. The molecule has 114 valence electrons. The first-order valence-electron chi connectivity index (χ1n) is 7.94.